The Morgan fingerprint density at radius 1 is 1.16 bits per heavy atom. The van der Waals surface area contributed by atoms with Gasteiger partial charge in [0.05, 0.1) is 46.8 Å². The van der Waals surface area contributed by atoms with E-state index in [1.165, 1.54) is 7.11 Å². The van der Waals surface area contributed by atoms with Gasteiger partial charge in [-0.15, -0.1) is 0 Å². The Bertz CT molecular complexity index is 267. The summed E-state index contributed by atoms with van der Waals surface area (Å²) in [5, 5.41) is 0. The van der Waals surface area contributed by atoms with Crippen LogP contribution in [0.2, 0.25) is 0 Å². The van der Waals surface area contributed by atoms with Gasteiger partial charge in [0, 0.05) is 5.57 Å². The molecule has 2 rings (SSSR count). The molecule has 0 bridgehead atoms. The molecular weight excluding hydrogens is 252 g/mol. The van der Waals surface area contributed by atoms with Crippen LogP contribution in [-0.2, 0) is 28.5 Å². The lowest BCUT2D eigenvalue weighted by Crippen LogP contribution is -2.10. The highest BCUT2D eigenvalue weighted by Crippen LogP contribution is 2.09. The van der Waals surface area contributed by atoms with Gasteiger partial charge in [-0.1, -0.05) is 6.58 Å². The van der Waals surface area contributed by atoms with Crippen molar-refractivity contribution in [2.24, 2.45) is 0 Å². The minimum Gasteiger partial charge on any atom is -0.466 e. The second-order valence-electron chi connectivity index (χ2n) is 4.33. The van der Waals surface area contributed by atoms with Gasteiger partial charge >= 0.3 is 5.97 Å². The molecule has 110 valence electrons. The Hall–Kier alpha value is -0.950. The number of hydrogen-bond acceptors (Lipinski definition) is 6. The Labute approximate surface area is 113 Å². The van der Waals surface area contributed by atoms with Gasteiger partial charge in [-0.3, -0.25) is 0 Å². The molecule has 0 saturated carbocycles. The predicted octanol–water partition coefficient (Wildman–Crippen LogP) is 0.553. The molecule has 0 aromatic carbocycles. The third kappa shape index (κ3) is 9.61. The molecule has 0 aromatic heterocycles. The van der Waals surface area contributed by atoms with Crippen molar-refractivity contribution < 1.29 is 28.5 Å². The van der Waals surface area contributed by atoms with Crippen molar-refractivity contribution in [3.63, 3.8) is 0 Å². The highest BCUT2D eigenvalue weighted by Gasteiger charge is 2.23. The van der Waals surface area contributed by atoms with E-state index in [1.807, 2.05) is 0 Å². The minimum atomic E-state index is -0.347. The van der Waals surface area contributed by atoms with Crippen molar-refractivity contribution in [1.82, 2.24) is 0 Å². The average molecular weight is 274 g/mol. The molecule has 0 aromatic rings. The van der Waals surface area contributed by atoms with Crippen molar-refractivity contribution >= 4 is 5.97 Å². The molecule has 2 heterocycles. The maximum Gasteiger partial charge on any atom is 0.332 e. The molecule has 0 aliphatic carbocycles. The zero-order valence-electron chi connectivity index (χ0n) is 11.6. The van der Waals surface area contributed by atoms with E-state index < -0.39 is 0 Å². The summed E-state index contributed by atoms with van der Waals surface area (Å²) in [4.78, 5) is 10.2. The Morgan fingerprint density at radius 2 is 1.58 bits per heavy atom. The second kappa shape index (κ2) is 9.03. The zero-order valence-corrected chi connectivity index (χ0v) is 11.6. The van der Waals surface area contributed by atoms with Crippen LogP contribution in [0.4, 0.5) is 0 Å². The largest absolute Gasteiger partial charge is 0.466 e. The lowest BCUT2D eigenvalue weighted by molar-refractivity contribution is -0.136. The molecule has 6 nitrogen and oxygen atoms in total. The first-order valence-electron chi connectivity index (χ1n) is 6.26. The van der Waals surface area contributed by atoms with E-state index >= 15 is 0 Å². The van der Waals surface area contributed by atoms with Crippen LogP contribution in [0.1, 0.15) is 6.92 Å². The number of esters is 1. The predicted molar refractivity (Wildman–Crippen MR) is 67.9 cm³/mol. The van der Waals surface area contributed by atoms with E-state index in [0.717, 1.165) is 13.2 Å². The fraction of sp³-hybridized carbons (Fsp3) is 0.769. The van der Waals surface area contributed by atoms with Gasteiger partial charge in [0.25, 0.3) is 0 Å². The number of ether oxygens (including phenoxy) is 5. The number of rotatable bonds is 8. The minimum absolute atomic E-state index is 0.347. The standard InChI is InChI=1S/C8H14O4.C5H8O2/c1(9-3-7-5-11-7)2-10-4-8-6-12-8;1-4(2)5(6)7-3/h7-8H,1-6H2;1H2,2-3H3. The Morgan fingerprint density at radius 3 is 1.79 bits per heavy atom. The van der Waals surface area contributed by atoms with Crippen molar-refractivity contribution in [2.45, 2.75) is 19.1 Å². The maximum atomic E-state index is 10.2. The summed E-state index contributed by atoms with van der Waals surface area (Å²) in [5.74, 6) is -0.347. The molecule has 2 aliphatic rings. The van der Waals surface area contributed by atoms with E-state index in [-0.39, 0.29) is 5.97 Å². The SMILES string of the molecule is C(COCC1CO1)OCC1CO1.C=C(C)C(=O)OC. The lowest BCUT2D eigenvalue weighted by atomic mass is 10.4. The number of epoxide rings is 2. The number of carbonyl (C=O) groups excluding carboxylic acids is 1. The van der Waals surface area contributed by atoms with E-state index in [9.17, 15) is 4.79 Å². The second-order valence-corrected chi connectivity index (χ2v) is 4.33. The summed E-state index contributed by atoms with van der Waals surface area (Å²) < 4.78 is 24.8. The molecule has 6 heteroatoms. The first-order chi connectivity index (χ1) is 9.13. The fourth-order valence-electron chi connectivity index (χ4n) is 1.05. The molecule has 0 radical (unpaired) electrons. The van der Waals surface area contributed by atoms with Crippen molar-refractivity contribution in [1.29, 1.82) is 0 Å². The highest BCUT2D eigenvalue weighted by molar-refractivity contribution is 5.86. The van der Waals surface area contributed by atoms with Crippen LogP contribution in [0.25, 0.3) is 0 Å². The summed E-state index contributed by atoms with van der Waals surface area (Å²) in [6.07, 6.45) is 0.716. The van der Waals surface area contributed by atoms with Crippen molar-refractivity contribution in [2.75, 3.05) is 46.8 Å². The normalized spacial score (nSPS) is 23.1. The summed E-state index contributed by atoms with van der Waals surface area (Å²) in [7, 11) is 1.33. The number of methoxy groups -OCH3 is 1. The average Bonchev–Trinajstić information content (AvgIpc) is 3.27. The van der Waals surface area contributed by atoms with Crippen molar-refractivity contribution in [3.05, 3.63) is 12.2 Å². The lowest BCUT2D eigenvalue weighted by Gasteiger charge is -2.02. The Balaban J connectivity index is 0.000000224. The third-order valence-electron chi connectivity index (χ3n) is 2.32. The maximum absolute atomic E-state index is 10.2. The van der Waals surface area contributed by atoms with Gasteiger partial charge in [-0.2, -0.15) is 0 Å². The zero-order chi connectivity index (χ0) is 14.1. The highest BCUT2D eigenvalue weighted by atomic mass is 16.6. The van der Waals surface area contributed by atoms with Gasteiger partial charge in [0.2, 0.25) is 0 Å². The molecule has 2 fully saturated rings. The summed E-state index contributed by atoms with van der Waals surface area (Å²) in [6.45, 7) is 9.41. The van der Waals surface area contributed by atoms with Crippen LogP contribution in [0.5, 0.6) is 0 Å². The molecule has 0 spiro atoms. The quantitative estimate of drug-likeness (QED) is 0.279. The van der Waals surface area contributed by atoms with E-state index in [0.29, 0.717) is 44.2 Å². The fourth-order valence-corrected chi connectivity index (χ4v) is 1.05. The molecular formula is C13H22O6. The van der Waals surface area contributed by atoms with Crippen molar-refractivity contribution in [3.8, 4) is 0 Å². The van der Waals surface area contributed by atoms with E-state index in [2.05, 4.69) is 11.3 Å². The molecule has 0 amide bonds. The van der Waals surface area contributed by atoms with Gasteiger partial charge in [-0.25, -0.2) is 4.79 Å². The van der Waals surface area contributed by atoms with Crippen LogP contribution in [0, 0.1) is 0 Å². The monoisotopic (exact) mass is 274 g/mol. The van der Waals surface area contributed by atoms with Gasteiger partial charge in [-0.05, 0) is 6.92 Å². The topological polar surface area (TPSA) is 69.8 Å². The molecule has 2 aliphatic heterocycles. The molecule has 2 atom stereocenters. The first-order valence-corrected chi connectivity index (χ1v) is 6.26. The van der Waals surface area contributed by atoms with E-state index in [4.69, 9.17) is 18.9 Å². The smallest absolute Gasteiger partial charge is 0.332 e. The van der Waals surface area contributed by atoms with Gasteiger partial charge in [0.1, 0.15) is 12.2 Å². The van der Waals surface area contributed by atoms with Gasteiger partial charge in [0.15, 0.2) is 0 Å². The summed E-state index contributed by atoms with van der Waals surface area (Å²) >= 11 is 0. The van der Waals surface area contributed by atoms with Crippen LogP contribution < -0.4 is 0 Å². The molecule has 2 unspecified atom stereocenters. The summed E-state index contributed by atoms with van der Waals surface area (Å²) in [5.41, 5.74) is 0.433. The first kappa shape index (κ1) is 16.1. The van der Waals surface area contributed by atoms with Gasteiger partial charge < -0.3 is 23.7 Å². The number of hydrogen-bond donors (Lipinski definition) is 0. The molecule has 0 N–H and O–H groups in total. The summed E-state index contributed by atoms with van der Waals surface area (Å²) in [6, 6.07) is 0. The number of carbonyl (C=O) groups is 1. The van der Waals surface area contributed by atoms with E-state index in [1.54, 1.807) is 6.92 Å². The van der Waals surface area contributed by atoms with Crippen LogP contribution >= 0.6 is 0 Å². The molecule has 2 saturated heterocycles. The van der Waals surface area contributed by atoms with Crippen LogP contribution in [0.15, 0.2) is 12.2 Å². The Kier molecular flexibility index (Phi) is 7.66. The third-order valence-corrected chi connectivity index (χ3v) is 2.32. The molecule has 19 heavy (non-hydrogen) atoms. The van der Waals surface area contributed by atoms with Crippen LogP contribution in [-0.4, -0.2) is 64.9 Å². The van der Waals surface area contributed by atoms with Crippen LogP contribution in [0.3, 0.4) is 0 Å².